The summed E-state index contributed by atoms with van der Waals surface area (Å²) in [4.78, 5) is 0. The highest BCUT2D eigenvalue weighted by Crippen LogP contribution is 2.27. The number of hydrogen-bond donors (Lipinski definition) is 1. The van der Waals surface area contributed by atoms with Crippen LogP contribution >= 0.6 is 15.9 Å². The van der Waals surface area contributed by atoms with Crippen molar-refractivity contribution in [2.45, 2.75) is 32.7 Å². The normalized spacial score (nSPS) is 12.6. The molecule has 1 aromatic heterocycles. The number of halogens is 1. The zero-order valence-electron chi connectivity index (χ0n) is 11.4. The van der Waals surface area contributed by atoms with Crippen molar-refractivity contribution >= 4 is 15.9 Å². The van der Waals surface area contributed by atoms with Crippen LogP contribution in [0.4, 0.5) is 0 Å². The zero-order valence-corrected chi connectivity index (χ0v) is 13.0. The second kappa shape index (κ2) is 6.92. The summed E-state index contributed by atoms with van der Waals surface area (Å²) in [6, 6.07) is 8.76. The van der Waals surface area contributed by atoms with Crippen LogP contribution in [0.3, 0.4) is 0 Å². The summed E-state index contributed by atoms with van der Waals surface area (Å²) in [5.41, 5.74) is 3.89. The van der Waals surface area contributed by atoms with Crippen molar-refractivity contribution in [3.05, 3.63) is 58.0 Å². The van der Waals surface area contributed by atoms with Gasteiger partial charge in [-0.2, -0.15) is 0 Å². The average molecular weight is 322 g/mol. The lowest BCUT2D eigenvalue weighted by Gasteiger charge is -2.21. The molecule has 1 heterocycles. The lowest BCUT2D eigenvalue weighted by molar-refractivity contribution is 0.518. The smallest absolute Gasteiger partial charge is 0.0935 e. The fraction of sp³-hybridized carbons (Fsp3) is 0.375. The van der Waals surface area contributed by atoms with E-state index in [2.05, 4.69) is 53.3 Å². The molecule has 1 unspecified atom stereocenters. The topological polar surface area (TPSA) is 25.2 Å². The molecular weight excluding hydrogens is 302 g/mol. The number of hydrogen-bond acceptors (Lipinski definition) is 2. The first-order valence-electron chi connectivity index (χ1n) is 6.71. The van der Waals surface area contributed by atoms with Crippen molar-refractivity contribution in [3.63, 3.8) is 0 Å². The molecule has 0 fully saturated rings. The summed E-state index contributed by atoms with van der Waals surface area (Å²) in [6.07, 6.45) is 5.65. The van der Waals surface area contributed by atoms with Crippen LogP contribution in [-0.2, 0) is 6.42 Å². The molecule has 2 nitrogen and oxygen atoms in total. The van der Waals surface area contributed by atoms with E-state index in [4.69, 9.17) is 4.42 Å². The Morgan fingerprint density at radius 1 is 1.32 bits per heavy atom. The van der Waals surface area contributed by atoms with Crippen LogP contribution in [0.5, 0.6) is 0 Å². The molecule has 0 spiro atoms. The molecule has 0 aliphatic rings. The number of furan rings is 1. The predicted octanol–water partition coefficient (Wildman–Crippen LogP) is 4.63. The highest BCUT2D eigenvalue weighted by atomic mass is 79.9. The summed E-state index contributed by atoms with van der Waals surface area (Å²) in [5.74, 6) is 0. The van der Waals surface area contributed by atoms with Crippen molar-refractivity contribution < 1.29 is 4.42 Å². The van der Waals surface area contributed by atoms with Crippen molar-refractivity contribution in [1.82, 2.24) is 5.32 Å². The first kappa shape index (κ1) is 14.4. The van der Waals surface area contributed by atoms with Gasteiger partial charge >= 0.3 is 0 Å². The van der Waals surface area contributed by atoms with E-state index in [1.165, 1.54) is 21.2 Å². The monoisotopic (exact) mass is 321 g/mol. The first-order chi connectivity index (χ1) is 9.22. The number of nitrogens with one attached hydrogen (secondary N) is 1. The molecule has 0 aliphatic heterocycles. The molecule has 0 saturated heterocycles. The summed E-state index contributed by atoms with van der Waals surface area (Å²) in [5, 5.41) is 3.63. The van der Waals surface area contributed by atoms with Gasteiger partial charge in [0.1, 0.15) is 0 Å². The highest BCUT2D eigenvalue weighted by Gasteiger charge is 2.15. The Morgan fingerprint density at radius 2 is 2.16 bits per heavy atom. The molecule has 102 valence electrons. The molecule has 0 saturated carbocycles. The van der Waals surface area contributed by atoms with E-state index in [1.807, 2.05) is 12.3 Å². The fourth-order valence-electron chi connectivity index (χ4n) is 2.26. The van der Waals surface area contributed by atoms with Crippen molar-refractivity contribution in [1.29, 1.82) is 0 Å². The second-order valence-electron chi connectivity index (χ2n) is 4.80. The molecule has 0 bridgehead atoms. The van der Waals surface area contributed by atoms with Gasteiger partial charge in [0.15, 0.2) is 0 Å². The molecular formula is C16H20BrNO. The van der Waals surface area contributed by atoms with Crippen LogP contribution in [0.25, 0.3) is 0 Å². The molecule has 3 heteroatoms. The van der Waals surface area contributed by atoms with E-state index in [9.17, 15) is 0 Å². The predicted molar refractivity (Wildman–Crippen MR) is 82.3 cm³/mol. The lowest BCUT2D eigenvalue weighted by atomic mass is 9.96. The molecule has 2 rings (SSSR count). The van der Waals surface area contributed by atoms with E-state index < -0.39 is 0 Å². The first-order valence-corrected chi connectivity index (χ1v) is 7.51. The molecule has 2 aromatic rings. The number of rotatable bonds is 6. The molecule has 0 amide bonds. The van der Waals surface area contributed by atoms with E-state index in [-0.39, 0.29) is 0 Å². The maximum atomic E-state index is 5.17. The van der Waals surface area contributed by atoms with Gasteiger partial charge in [-0.15, -0.1) is 0 Å². The van der Waals surface area contributed by atoms with Crippen molar-refractivity contribution in [2.75, 3.05) is 6.54 Å². The molecule has 0 aliphatic carbocycles. The highest BCUT2D eigenvalue weighted by molar-refractivity contribution is 9.10. The maximum absolute atomic E-state index is 5.17. The Balaban J connectivity index is 2.23. The number of benzene rings is 1. The van der Waals surface area contributed by atoms with Gasteiger partial charge in [-0.25, -0.2) is 0 Å². The Bertz CT molecular complexity index is 507. The van der Waals surface area contributed by atoms with Gasteiger partial charge in [-0.05, 0) is 55.1 Å². The summed E-state index contributed by atoms with van der Waals surface area (Å²) >= 11 is 3.61. The van der Waals surface area contributed by atoms with E-state index in [0.29, 0.717) is 6.04 Å². The third-order valence-corrected chi connectivity index (χ3v) is 4.20. The third-order valence-electron chi connectivity index (χ3n) is 3.35. The van der Waals surface area contributed by atoms with Crippen LogP contribution in [0.2, 0.25) is 0 Å². The molecule has 1 aromatic carbocycles. The minimum absolute atomic E-state index is 0.329. The van der Waals surface area contributed by atoms with Crippen LogP contribution in [-0.4, -0.2) is 6.54 Å². The molecule has 1 N–H and O–H groups in total. The second-order valence-corrected chi connectivity index (χ2v) is 5.65. The summed E-state index contributed by atoms with van der Waals surface area (Å²) < 4.78 is 6.34. The third kappa shape index (κ3) is 3.71. The molecule has 1 atom stereocenters. The standard InChI is InChI=1S/C16H20BrNO/c1-3-8-18-16(10-13-7-9-19-11-13)14-5-4-6-15(17)12(14)2/h4-7,9,11,16,18H,3,8,10H2,1-2H3. The Labute approximate surface area is 123 Å². The quantitative estimate of drug-likeness (QED) is 0.838. The molecule has 19 heavy (non-hydrogen) atoms. The van der Waals surface area contributed by atoms with Crippen molar-refractivity contribution in [2.24, 2.45) is 0 Å². The Kier molecular flexibility index (Phi) is 5.23. The van der Waals surface area contributed by atoms with Crippen molar-refractivity contribution in [3.8, 4) is 0 Å². The fourth-order valence-corrected chi connectivity index (χ4v) is 2.64. The van der Waals surface area contributed by atoms with E-state index in [1.54, 1.807) is 6.26 Å². The largest absolute Gasteiger partial charge is 0.472 e. The lowest BCUT2D eigenvalue weighted by Crippen LogP contribution is -2.24. The van der Waals surface area contributed by atoms with Gasteiger partial charge < -0.3 is 9.73 Å². The molecule has 0 radical (unpaired) electrons. The summed E-state index contributed by atoms with van der Waals surface area (Å²) in [7, 11) is 0. The maximum Gasteiger partial charge on any atom is 0.0935 e. The summed E-state index contributed by atoms with van der Waals surface area (Å²) in [6.45, 7) is 5.37. The SMILES string of the molecule is CCCNC(Cc1ccoc1)c1cccc(Br)c1C. The minimum atomic E-state index is 0.329. The van der Waals surface area contributed by atoms with Crippen LogP contribution in [0.15, 0.2) is 45.7 Å². The Hall–Kier alpha value is -1.06. The van der Waals surface area contributed by atoms with Gasteiger partial charge in [-0.1, -0.05) is 35.0 Å². The van der Waals surface area contributed by atoms with Crippen LogP contribution in [0, 0.1) is 6.92 Å². The van der Waals surface area contributed by atoms with Crippen LogP contribution in [0.1, 0.15) is 36.1 Å². The van der Waals surface area contributed by atoms with Crippen LogP contribution < -0.4 is 5.32 Å². The Morgan fingerprint density at radius 3 is 2.84 bits per heavy atom. The van der Waals surface area contributed by atoms with Gasteiger partial charge in [0, 0.05) is 10.5 Å². The van der Waals surface area contributed by atoms with E-state index >= 15 is 0 Å². The average Bonchev–Trinajstić information content (AvgIpc) is 2.91. The van der Waals surface area contributed by atoms with Gasteiger partial charge in [0.05, 0.1) is 12.5 Å². The van der Waals surface area contributed by atoms with Gasteiger partial charge in [0.25, 0.3) is 0 Å². The zero-order chi connectivity index (χ0) is 13.7. The minimum Gasteiger partial charge on any atom is -0.472 e. The van der Waals surface area contributed by atoms with E-state index in [0.717, 1.165) is 19.4 Å². The van der Waals surface area contributed by atoms with Gasteiger partial charge in [0.2, 0.25) is 0 Å². The van der Waals surface area contributed by atoms with Gasteiger partial charge in [-0.3, -0.25) is 0 Å².